The summed E-state index contributed by atoms with van der Waals surface area (Å²) in [6.07, 6.45) is 4.33. The molecule has 3 amide bonds. The summed E-state index contributed by atoms with van der Waals surface area (Å²) in [4.78, 5) is 51.0. The standard InChI is InChI=1S/C20H24N2O5S/c1-12(13-7-8-13)21-17(23)11-27-20(26)16(9-10-28-2)22-18(24)14-5-3-4-6-15(14)19(22)25/h3-6,12-13,16H,7-11H2,1-2H3,(H,21,23)/t12-,16+/m1/s1. The molecule has 1 aliphatic carbocycles. The van der Waals surface area contributed by atoms with E-state index in [1.54, 1.807) is 24.3 Å². The lowest BCUT2D eigenvalue weighted by Gasteiger charge is -2.24. The number of rotatable bonds is 9. The van der Waals surface area contributed by atoms with E-state index in [1.807, 2.05) is 13.2 Å². The second kappa shape index (κ2) is 8.77. The van der Waals surface area contributed by atoms with Crippen LogP contribution in [0, 0.1) is 5.92 Å². The van der Waals surface area contributed by atoms with Crippen LogP contribution in [0.5, 0.6) is 0 Å². The zero-order valence-electron chi connectivity index (χ0n) is 16.0. The van der Waals surface area contributed by atoms with Gasteiger partial charge in [0.05, 0.1) is 11.1 Å². The lowest BCUT2D eigenvalue weighted by molar-refractivity contribution is -0.152. The van der Waals surface area contributed by atoms with E-state index in [9.17, 15) is 19.2 Å². The largest absolute Gasteiger partial charge is 0.454 e. The Labute approximate surface area is 168 Å². The number of thioether (sulfide) groups is 1. The third kappa shape index (κ3) is 4.38. The molecule has 0 spiro atoms. The van der Waals surface area contributed by atoms with Crippen molar-refractivity contribution in [2.45, 2.75) is 38.3 Å². The fourth-order valence-corrected chi connectivity index (χ4v) is 3.77. The fourth-order valence-electron chi connectivity index (χ4n) is 3.32. The predicted octanol–water partition coefficient (Wildman–Crippen LogP) is 1.86. The van der Waals surface area contributed by atoms with Crippen LogP contribution in [0.15, 0.2) is 24.3 Å². The summed E-state index contributed by atoms with van der Waals surface area (Å²) in [5.41, 5.74) is 0.566. The van der Waals surface area contributed by atoms with Gasteiger partial charge in [0.1, 0.15) is 6.04 Å². The Bertz CT molecular complexity index is 758. The molecule has 1 aliphatic heterocycles. The van der Waals surface area contributed by atoms with E-state index < -0.39 is 30.4 Å². The molecule has 0 radical (unpaired) electrons. The Kier molecular flexibility index (Phi) is 6.39. The average Bonchev–Trinajstić information content (AvgIpc) is 3.50. The summed E-state index contributed by atoms with van der Waals surface area (Å²) < 4.78 is 5.17. The fraction of sp³-hybridized carbons (Fsp3) is 0.500. The predicted molar refractivity (Wildman–Crippen MR) is 105 cm³/mol. The number of hydrogen-bond acceptors (Lipinski definition) is 6. The Morgan fingerprint density at radius 2 is 1.82 bits per heavy atom. The minimum atomic E-state index is -1.05. The molecule has 3 rings (SSSR count). The van der Waals surface area contributed by atoms with E-state index in [0.717, 1.165) is 17.7 Å². The summed E-state index contributed by atoms with van der Waals surface area (Å²) in [5, 5.41) is 2.81. The second-order valence-corrected chi connectivity index (χ2v) is 8.11. The van der Waals surface area contributed by atoms with Gasteiger partial charge in [-0.05, 0) is 56.2 Å². The number of ether oxygens (including phenoxy) is 1. The van der Waals surface area contributed by atoms with Crippen LogP contribution >= 0.6 is 11.8 Å². The summed E-state index contributed by atoms with van der Waals surface area (Å²) in [5.74, 6) is -1.06. The Morgan fingerprint density at radius 3 is 2.36 bits per heavy atom. The molecule has 8 heteroatoms. The molecule has 28 heavy (non-hydrogen) atoms. The molecule has 1 N–H and O–H groups in total. The molecule has 1 fully saturated rings. The monoisotopic (exact) mass is 404 g/mol. The van der Waals surface area contributed by atoms with Gasteiger partial charge in [-0.2, -0.15) is 11.8 Å². The first-order valence-corrected chi connectivity index (χ1v) is 10.7. The van der Waals surface area contributed by atoms with Crippen LogP contribution in [0.25, 0.3) is 0 Å². The summed E-state index contributed by atoms with van der Waals surface area (Å²) in [7, 11) is 0. The zero-order valence-corrected chi connectivity index (χ0v) is 16.8. The quantitative estimate of drug-likeness (QED) is 0.499. The molecular formula is C20H24N2O5S. The van der Waals surface area contributed by atoms with Crippen LogP contribution in [-0.2, 0) is 14.3 Å². The van der Waals surface area contributed by atoms with E-state index >= 15 is 0 Å². The Morgan fingerprint density at radius 1 is 1.21 bits per heavy atom. The molecule has 1 heterocycles. The van der Waals surface area contributed by atoms with Crippen molar-refractivity contribution in [3.63, 3.8) is 0 Å². The van der Waals surface area contributed by atoms with Gasteiger partial charge in [0.25, 0.3) is 17.7 Å². The highest BCUT2D eigenvalue weighted by Crippen LogP contribution is 2.32. The van der Waals surface area contributed by atoms with Crippen molar-refractivity contribution < 1.29 is 23.9 Å². The molecule has 0 bridgehead atoms. The maximum Gasteiger partial charge on any atom is 0.329 e. The molecule has 150 valence electrons. The lowest BCUT2D eigenvalue weighted by atomic mass is 10.1. The Hall–Kier alpha value is -2.35. The maximum absolute atomic E-state index is 12.7. The molecule has 2 atom stereocenters. The van der Waals surface area contributed by atoms with E-state index in [2.05, 4.69) is 5.32 Å². The van der Waals surface area contributed by atoms with Gasteiger partial charge < -0.3 is 10.1 Å². The topological polar surface area (TPSA) is 92.8 Å². The van der Waals surface area contributed by atoms with Gasteiger partial charge in [-0.25, -0.2) is 4.79 Å². The van der Waals surface area contributed by atoms with Crippen molar-refractivity contribution in [1.29, 1.82) is 0 Å². The van der Waals surface area contributed by atoms with Crippen LogP contribution in [0.4, 0.5) is 0 Å². The molecule has 1 aromatic rings. The highest BCUT2D eigenvalue weighted by atomic mass is 32.2. The number of nitrogens with zero attached hydrogens (tertiary/aromatic N) is 1. The molecule has 1 aromatic carbocycles. The minimum Gasteiger partial charge on any atom is -0.454 e. The number of imide groups is 1. The molecule has 1 saturated carbocycles. The summed E-state index contributed by atoms with van der Waals surface area (Å²) >= 11 is 1.50. The van der Waals surface area contributed by atoms with Crippen molar-refractivity contribution in [3.05, 3.63) is 35.4 Å². The third-order valence-corrected chi connectivity index (χ3v) is 5.71. The van der Waals surface area contributed by atoms with E-state index in [0.29, 0.717) is 11.7 Å². The van der Waals surface area contributed by atoms with Crippen LogP contribution < -0.4 is 5.32 Å². The van der Waals surface area contributed by atoms with Gasteiger partial charge in [0.15, 0.2) is 6.61 Å². The highest BCUT2D eigenvalue weighted by Gasteiger charge is 2.43. The number of benzene rings is 1. The highest BCUT2D eigenvalue weighted by molar-refractivity contribution is 7.98. The zero-order chi connectivity index (χ0) is 20.3. The number of esters is 1. The average molecular weight is 404 g/mol. The number of fused-ring (bicyclic) bond motifs is 1. The molecular weight excluding hydrogens is 380 g/mol. The lowest BCUT2D eigenvalue weighted by Crippen LogP contribution is -2.47. The van der Waals surface area contributed by atoms with Gasteiger partial charge in [-0.1, -0.05) is 12.1 Å². The first-order valence-electron chi connectivity index (χ1n) is 9.36. The smallest absolute Gasteiger partial charge is 0.329 e. The van der Waals surface area contributed by atoms with Gasteiger partial charge in [-0.3, -0.25) is 19.3 Å². The van der Waals surface area contributed by atoms with E-state index in [-0.39, 0.29) is 29.5 Å². The third-order valence-electron chi connectivity index (χ3n) is 5.07. The van der Waals surface area contributed by atoms with Gasteiger partial charge in [0.2, 0.25) is 0 Å². The number of carbonyl (C=O) groups excluding carboxylic acids is 4. The number of carbonyl (C=O) groups is 4. The number of hydrogen-bond donors (Lipinski definition) is 1. The van der Waals surface area contributed by atoms with Crippen LogP contribution in [0.3, 0.4) is 0 Å². The molecule has 0 aromatic heterocycles. The molecule has 0 saturated heterocycles. The van der Waals surface area contributed by atoms with Gasteiger partial charge in [0, 0.05) is 6.04 Å². The Balaban J connectivity index is 1.66. The van der Waals surface area contributed by atoms with E-state index in [4.69, 9.17) is 4.74 Å². The second-order valence-electron chi connectivity index (χ2n) is 7.12. The first kappa shape index (κ1) is 20.4. The van der Waals surface area contributed by atoms with Crippen LogP contribution in [0.2, 0.25) is 0 Å². The number of nitrogens with one attached hydrogen (secondary N) is 1. The van der Waals surface area contributed by atoms with Crippen molar-refractivity contribution in [1.82, 2.24) is 10.2 Å². The molecule has 0 unspecified atom stereocenters. The molecule has 7 nitrogen and oxygen atoms in total. The minimum absolute atomic E-state index is 0.0507. The van der Waals surface area contributed by atoms with Crippen molar-refractivity contribution >= 4 is 35.5 Å². The number of amides is 3. The van der Waals surface area contributed by atoms with Crippen molar-refractivity contribution in [2.75, 3.05) is 18.6 Å². The first-order chi connectivity index (χ1) is 13.4. The molecule has 2 aliphatic rings. The van der Waals surface area contributed by atoms with Crippen molar-refractivity contribution in [2.24, 2.45) is 5.92 Å². The SMILES string of the molecule is CSCC[C@@H](C(=O)OCC(=O)N[C@H](C)C1CC1)N1C(=O)c2ccccc2C1=O. The van der Waals surface area contributed by atoms with E-state index in [1.165, 1.54) is 11.8 Å². The van der Waals surface area contributed by atoms with Crippen LogP contribution in [0.1, 0.15) is 46.9 Å². The van der Waals surface area contributed by atoms with Gasteiger partial charge in [-0.15, -0.1) is 0 Å². The van der Waals surface area contributed by atoms with Gasteiger partial charge >= 0.3 is 5.97 Å². The maximum atomic E-state index is 12.7. The van der Waals surface area contributed by atoms with Crippen molar-refractivity contribution in [3.8, 4) is 0 Å². The normalized spacial score (nSPS) is 17.9. The van der Waals surface area contributed by atoms with Crippen LogP contribution in [-0.4, -0.2) is 59.3 Å². The summed E-state index contributed by atoms with van der Waals surface area (Å²) in [6.45, 7) is 1.51. The summed E-state index contributed by atoms with van der Waals surface area (Å²) in [6, 6.07) is 5.49.